The Morgan fingerprint density at radius 3 is 1.83 bits per heavy atom. The monoisotopic (exact) mass is 663 g/mol. The van der Waals surface area contributed by atoms with Gasteiger partial charge in [-0.25, -0.2) is 0 Å². The molecule has 1 heteroatoms. The molecule has 52 heavy (non-hydrogen) atoms. The van der Waals surface area contributed by atoms with E-state index >= 15 is 0 Å². The number of anilines is 3. The van der Waals surface area contributed by atoms with Crippen LogP contribution in [0.5, 0.6) is 0 Å². The summed E-state index contributed by atoms with van der Waals surface area (Å²) in [5.74, 6) is 0. The average molecular weight is 664 g/mol. The highest BCUT2D eigenvalue weighted by atomic mass is 15.1. The van der Waals surface area contributed by atoms with Crippen molar-refractivity contribution in [1.29, 1.82) is 0 Å². The van der Waals surface area contributed by atoms with E-state index in [1.165, 1.54) is 76.8 Å². The van der Waals surface area contributed by atoms with Crippen LogP contribution in [-0.2, 0) is 5.41 Å². The van der Waals surface area contributed by atoms with E-state index in [-0.39, 0.29) is 5.41 Å². The van der Waals surface area contributed by atoms with E-state index < -0.39 is 0 Å². The van der Waals surface area contributed by atoms with Gasteiger partial charge in [-0.05, 0) is 119 Å². The van der Waals surface area contributed by atoms with Gasteiger partial charge < -0.3 is 4.90 Å². The summed E-state index contributed by atoms with van der Waals surface area (Å²) in [6.45, 7) is 4.69. The normalized spacial score (nSPS) is 13.0. The number of benzene rings is 9. The fourth-order valence-corrected chi connectivity index (χ4v) is 8.56. The van der Waals surface area contributed by atoms with Gasteiger partial charge in [0.25, 0.3) is 0 Å². The zero-order valence-electron chi connectivity index (χ0n) is 29.3. The van der Waals surface area contributed by atoms with E-state index in [2.05, 4.69) is 207 Å². The number of rotatable bonds is 5. The molecule has 1 aliphatic rings. The van der Waals surface area contributed by atoms with Crippen molar-refractivity contribution in [2.75, 3.05) is 4.90 Å². The fourth-order valence-electron chi connectivity index (χ4n) is 8.56. The summed E-state index contributed by atoms with van der Waals surface area (Å²) in [5.41, 5.74) is 13.7. The topological polar surface area (TPSA) is 3.24 Å². The van der Waals surface area contributed by atoms with Gasteiger partial charge in [-0.3, -0.25) is 0 Å². The van der Waals surface area contributed by atoms with Gasteiger partial charge in [0.05, 0.1) is 0 Å². The standard InChI is InChI=1S/C51H37N/c1-51(2)49-18-9-8-15-47(49)48-33-42(28-30-50(48)51)52(41-27-23-38-31-37(19-20-39(38)32-41)34-11-4-3-5-12-34)40-25-21-36(22-26-40)44-16-10-17-45-43-14-7-6-13-35(43)24-29-46(44)45/h3-33H,1-2H3. The van der Waals surface area contributed by atoms with Crippen LogP contribution in [0.1, 0.15) is 25.0 Å². The van der Waals surface area contributed by atoms with E-state index in [0.717, 1.165) is 17.1 Å². The number of fused-ring (bicyclic) bond motifs is 7. The Morgan fingerprint density at radius 2 is 0.942 bits per heavy atom. The summed E-state index contributed by atoms with van der Waals surface area (Å²) < 4.78 is 0. The van der Waals surface area contributed by atoms with Crippen LogP contribution in [-0.4, -0.2) is 0 Å². The fraction of sp³-hybridized carbons (Fsp3) is 0.0588. The highest BCUT2D eigenvalue weighted by Gasteiger charge is 2.35. The molecule has 0 aromatic heterocycles. The summed E-state index contributed by atoms with van der Waals surface area (Å²) in [6, 6.07) is 69.2. The van der Waals surface area contributed by atoms with Crippen LogP contribution in [0.25, 0.3) is 65.7 Å². The van der Waals surface area contributed by atoms with Crippen LogP contribution in [0.2, 0.25) is 0 Å². The maximum absolute atomic E-state index is 2.42. The first-order chi connectivity index (χ1) is 25.5. The maximum Gasteiger partial charge on any atom is 0.0468 e. The van der Waals surface area contributed by atoms with E-state index in [4.69, 9.17) is 0 Å². The molecule has 0 saturated carbocycles. The summed E-state index contributed by atoms with van der Waals surface area (Å²) in [4.78, 5) is 2.42. The molecule has 9 aromatic carbocycles. The third kappa shape index (κ3) is 4.85. The van der Waals surface area contributed by atoms with Gasteiger partial charge in [-0.1, -0.05) is 159 Å². The highest BCUT2D eigenvalue weighted by Crippen LogP contribution is 2.50. The average Bonchev–Trinajstić information content (AvgIpc) is 3.43. The molecule has 1 aliphatic carbocycles. The number of hydrogen-bond acceptors (Lipinski definition) is 1. The predicted octanol–water partition coefficient (Wildman–Crippen LogP) is 14.3. The van der Waals surface area contributed by atoms with Gasteiger partial charge >= 0.3 is 0 Å². The summed E-state index contributed by atoms with van der Waals surface area (Å²) in [7, 11) is 0. The van der Waals surface area contributed by atoms with Crippen LogP contribution in [0.4, 0.5) is 17.1 Å². The van der Waals surface area contributed by atoms with Crippen molar-refractivity contribution in [2.24, 2.45) is 0 Å². The molecule has 0 unspecified atom stereocenters. The second kappa shape index (κ2) is 11.8. The molecule has 0 amide bonds. The van der Waals surface area contributed by atoms with Gasteiger partial charge in [0.15, 0.2) is 0 Å². The van der Waals surface area contributed by atoms with Crippen molar-refractivity contribution >= 4 is 49.4 Å². The number of nitrogens with zero attached hydrogens (tertiary/aromatic N) is 1. The molecule has 0 radical (unpaired) electrons. The van der Waals surface area contributed by atoms with Gasteiger partial charge in [0.2, 0.25) is 0 Å². The molecule has 0 N–H and O–H groups in total. The third-order valence-corrected chi connectivity index (χ3v) is 11.2. The molecular formula is C51H37N. The molecule has 9 aromatic rings. The number of hydrogen-bond donors (Lipinski definition) is 0. The first kappa shape index (κ1) is 30.4. The van der Waals surface area contributed by atoms with Crippen molar-refractivity contribution in [1.82, 2.24) is 0 Å². The van der Waals surface area contributed by atoms with Crippen molar-refractivity contribution in [3.63, 3.8) is 0 Å². The summed E-state index contributed by atoms with van der Waals surface area (Å²) in [6.07, 6.45) is 0. The van der Waals surface area contributed by atoms with Crippen LogP contribution >= 0.6 is 0 Å². The molecule has 1 nitrogen and oxygen atoms in total. The second-order valence-electron chi connectivity index (χ2n) is 14.6. The minimum Gasteiger partial charge on any atom is -0.310 e. The Labute approximate surface area is 305 Å². The first-order valence-corrected chi connectivity index (χ1v) is 18.2. The van der Waals surface area contributed by atoms with Crippen molar-refractivity contribution < 1.29 is 0 Å². The van der Waals surface area contributed by atoms with Crippen molar-refractivity contribution in [3.8, 4) is 33.4 Å². The minimum absolute atomic E-state index is 0.0415. The molecule has 10 rings (SSSR count). The van der Waals surface area contributed by atoms with Crippen LogP contribution in [0.15, 0.2) is 188 Å². The molecular weight excluding hydrogens is 627 g/mol. The SMILES string of the molecule is CC1(C)c2ccccc2-c2cc(N(c3ccc(-c4cccc5c4ccc4ccccc45)cc3)c3ccc4cc(-c5ccccc5)ccc4c3)ccc21. The Bertz CT molecular complexity index is 2810. The molecule has 0 bridgehead atoms. The van der Waals surface area contributed by atoms with Crippen LogP contribution in [0.3, 0.4) is 0 Å². The lowest BCUT2D eigenvalue weighted by atomic mass is 9.82. The lowest BCUT2D eigenvalue weighted by molar-refractivity contribution is 0.660. The lowest BCUT2D eigenvalue weighted by Gasteiger charge is -2.27. The molecule has 0 fully saturated rings. The second-order valence-corrected chi connectivity index (χ2v) is 14.6. The smallest absolute Gasteiger partial charge is 0.0468 e. The van der Waals surface area contributed by atoms with Crippen LogP contribution in [0, 0.1) is 0 Å². The molecule has 246 valence electrons. The predicted molar refractivity (Wildman–Crippen MR) is 222 cm³/mol. The van der Waals surface area contributed by atoms with E-state index in [0.29, 0.717) is 0 Å². The van der Waals surface area contributed by atoms with Gasteiger partial charge in [0.1, 0.15) is 0 Å². The summed E-state index contributed by atoms with van der Waals surface area (Å²) >= 11 is 0. The molecule has 0 saturated heterocycles. The quantitative estimate of drug-likeness (QED) is 0.166. The Balaban J connectivity index is 1.11. The van der Waals surface area contributed by atoms with Gasteiger partial charge in [-0.15, -0.1) is 0 Å². The van der Waals surface area contributed by atoms with Gasteiger partial charge in [-0.2, -0.15) is 0 Å². The molecule has 0 atom stereocenters. The first-order valence-electron chi connectivity index (χ1n) is 18.2. The Morgan fingerprint density at radius 1 is 0.327 bits per heavy atom. The Hall–Kier alpha value is -6.44. The Kier molecular flexibility index (Phi) is 6.91. The highest BCUT2D eigenvalue weighted by molar-refractivity contribution is 6.12. The molecule has 0 aliphatic heterocycles. The maximum atomic E-state index is 2.42. The van der Waals surface area contributed by atoms with Crippen molar-refractivity contribution in [3.05, 3.63) is 199 Å². The van der Waals surface area contributed by atoms with E-state index in [1.807, 2.05) is 0 Å². The van der Waals surface area contributed by atoms with Crippen LogP contribution < -0.4 is 4.90 Å². The summed E-state index contributed by atoms with van der Waals surface area (Å²) in [5, 5.41) is 7.57. The lowest BCUT2D eigenvalue weighted by Crippen LogP contribution is -2.15. The minimum atomic E-state index is -0.0415. The zero-order valence-corrected chi connectivity index (χ0v) is 29.3. The molecule has 0 heterocycles. The largest absolute Gasteiger partial charge is 0.310 e. The van der Waals surface area contributed by atoms with Crippen molar-refractivity contribution in [2.45, 2.75) is 19.3 Å². The molecule has 0 spiro atoms. The van der Waals surface area contributed by atoms with E-state index in [9.17, 15) is 0 Å². The van der Waals surface area contributed by atoms with E-state index in [1.54, 1.807) is 0 Å². The third-order valence-electron chi connectivity index (χ3n) is 11.2. The zero-order chi connectivity index (χ0) is 34.8. The van der Waals surface area contributed by atoms with Gasteiger partial charge in [0, 0.05) is 22.5 Å².